The van der Waals surface area contributed by atoms with E-state index in [1.165, 1.54) is 0 Å². The number of halogens is 3. The Kier molecular flexibility index (Phi) is 3.37. The van der Waals surface area contributed by atoms with Gasteiger partial charge in [0.2, 0.25) is 0 Å². The van der Waals surface area contributed by atoms with Crippen molar-refractivity contribution in [3.8, 4) is 0 Å². The Morgan fingerprint density at radius 3 is 2.27 bits per heavy atom. The quantitative estimate of drug-likeness (QED) is 0.734. The highest BCUT2D eigenvalue weighted by Crippen LogP contribution is 2.29. The van der Waals surface area contributed by atoms with Gasteiger partial charge in [0.1, 0.15) is 5.69 Å². The van der Waals surface area contributed by atoms with Crippen LogP contribution in [-0.4, -0.2) is 4.98 Å². The van der Waals surface area contributed by atoms with Gasteiger partial charge >= 0.3 is 6.18 Å². The minimum absolute atomic E-state index is 0.0117. The van der Waals surface area contributed by atoms with E-state index in [9.17, 15) is 13.2 Å². The van der Waals surface area contributed by atoms with Gasteiger partial charge in [0.05, 0.1) is 0 Å². The number of hydrogen-bond acceptors (Lipinski definition) is 1. The maximum atomic E-state index is 12.5. The van der Waals surface area contributed by atoms with E-state index in [0.717, 1.165) is 6.07 Å². The first-order valence-electron chi connectivity index (χ1n) is 4.92. The van der Waals surface area contributed by atoms with Gasteiger partial charge in [-0.25, -0.2) is 4.98 Å². The fraction of sp³-hybridized carbons (Fsp3) is 0.545. The number of nitrogens with zero attached hydrogens (tertiary/aromatic N) is 1. The summed E-state index contributed by atoms with van der Waals surface area (Å²) in [5, 5.41) is 0. The standard InChI is InChI=1S/C11H14F3N/c1-4-8-5-9(7(2)3)15-10(6-8)11(12,13)14/h5-7H,4H2,1-3H3. The van der Waals surface area contributed by atoms with Crippen molar-refractivity contribution >= 4 is 0 Å². The summed E-state index contributed by atoms with van der Waals surface area (Å²) in [5.41, 5.74) is 0.397. The predicted molar refractivity (Wildman–Crippen MR) is 52.7 cm³/mol. The third kappa shape index (κ3) is 2.94. The van der Waals surface area contributed by atoms with Gasteiger partial charge in [-0.2, -0.15) is 13.2 Å². The zero-order valence-corrected chi connectivity index (χ0v) is 9.02. The molecule has 0 unspecified atom stereocenters. The van der Waals surface area contributed by atoms with Gasteiger partial charge in [0.25, 0.3) is 0 Å². The monoisotopic (exact) mass is 217 g/mol. The van der Waals surface area contributed by atoms with Crippen LogP contribution >= 0.6 is 0 Å². The zero-order valence-electron chi connectivity index (χ0n) is 9.02. The van der Waals surface area contributed by atoms with Crippen LogP contribution in [0.15, 0.2) is 12.1 Å². The molecule has 0 spiro atoms. The van der Waals surface area contributed by atoms with Gasteiger partial charge in [-0.05, 0) is 30.0 Å². The summed E-state index contributed by atoms with van der Waals surface area (Å²) in [7, 11) is 0. The minimum Gasteiger partial charge on any atom is -0.248 e. The Balaban J connectivity index is 3.23. The van der Waals surface area contributed by atoms with Crippen molar-refractivity contribution in [1.82, 2.24) is 4.98 Å². The van der Waals surface area contributed by atoms with Crippen molar-refractivity contribution < 1.29 is 13.2 Å². The molecule has 1 heterocycles. The highest BCUT2D eigenvalue weighted by atomic mass is 19.4. The van der Waals surface area contributed by atoms with E-state index in [1.807, 2.05) is 20.8 Å². The van der Waals surface area contributed by atoms with Crippen LogP contribution in [0.1, 0.15) is 43.6 Å². The van der Waals surface area contributed by atoms with Crippen LogP contribution in [0.3, 0.4) is 0 Å². The average Bonchev–Trinajstić information content (AvgIpc) is 2.15. The van der Waals surface area contributed by atoms with Crippen molar-refractivity contribution in [2.75, 3.05) is 0 Å². The molecule has 1 aromatic heterocycles. The lowest BCUT2D eigenvalue weighted by Crippen LogP contribution is -2.11. The minimum atomic E-state index is -4.35. The molecule has 84 valence electrons. The van der Waals surface area contributed by atoms with Crippen molar-refractivity contribution in [3.05, 3.63) is 29.1 Å². The third-order valence-electron chi connectivity index (χ3n) is 2.20. The number of hydrogen-bond donors (Lipinski definition) is 0. The van der Waals surface area contributed by atoms with Gasteiger partial charge in [-0.3, -0.25) is 0 Å². The predicted octanol–water partition coefficient (Wildman–Crippen LogP) is 3.79. The van der Waals surface area contributed by atoms with E-state index in [2.05, 4.69) is 4.98 Å². The Morgan fingerprint density at radius 2 is 1.87 bits per heavy atom. The van der Waals surface area contributed by atoms with E-state index in [0.29, 0.717) is 17.7 Å². The average molecular weight is 217 g/mol. The van der Waals surface area contributed by atoms with Crippen molar-refractivity contribution in [3.63, 3.8) is 0 Å². The van der Waals surface area contributed by atoms with Crippen molar-refractivity contribution in [2.45, 2.75) is 39.3 Å². The van der Waals surface area contributed by atoms with Gasteiger partial charge in [-0.15, -0.1) is 0 Å². The van der Waals surface area contributed by atoms with E-state index in [-0.39, 0.29) is 5.92 Å². The molecule has 0 radical (unpaired) electrons. The molecule has 1 nitrogen and oxygen atoms in total. The molecule has 0 N–H and O–H groups in total. The number of aromatic nitrogens is 1. The van der Waals surface area contributed by atoms with Crippen LogP contribution in [-0.2, 0) is 12.6 Å². The Bertz CT molecular complexity index is 342. The van der Waals surface area contributed by atoms with E-state index < -0.39 is 11.9 Å². The molecule has 0 aromatic carbocycles. The van der Waals surface area contributed by atoms with Crippen LogP contribution in [0, 0.1) is 0 Å². The zero-order chi connectivity index (χ0) is 11.6. The molecule has 0 amide bonds. The normalized spacial score (nSPS) is 12.2. The lowest BCUT2D eigenvalue weighted by molar-refractivity contribution is -0.141. The van der Waals surface area contributed by atoms with Crippen LogP contribution < -0.4 is 0 Å². The van der Waals surface area contributed by atoms with E-state index in [4.69, 9.17) is 0 Å². The van der Waals surface area contributed by atoms with Gasteiger partial charge in [0, 0.05) is 5.69 Å². The highest BCUT2D eigenvalue weighted by Gasteiger charge is 2.33. The van der Waals surface area contributed by atoms with Crippen molar-refractivity contribution in [1.29, 1.82) is 0 Å². The Labute approximate surface area is 87.3 Å². The van der Waals surface area contributed by atoms with Gasteiger partial charge in [-0.1, -0.05) is 20.8 Å². The number of rotatable bonds is 2. The molecule has 0 aliphatic heterocycles. The van der Waals surface area contributed by atoms with Crippen LogP contribution in [0.2, 0.25) is 0 Å². The Hall–Kier alpha value is -1.06. The fourth-order valence-electron chi connectivity index (χ4n) is 1.26. The summed E-state index contributed by atoms with van der Waals surface area (Å²) in [6.07, 6.45) is -3.76. The first-order chi connectivity index (χ1) is 6.84. The van der Waals surface area contributed by atoms with E-state index in [1.54, 1.807) is 6.07 Å². The molecule has 0 saturated carbocycles. The third-order valence-corrected chi connectivity index (χ3v) is 2.20. The lowest BCUT2D eigenvalue weighted by atomic mass is 10.0. The largest absolute Gasteiger partial charge is 0.433 e. The summed E-state index contributed by atoms with van der Waals surface area (Å²) >= 11 is 0. The second-order valence-electron chi connectivity index (χ2n) is 3.79. The molecule has 0 aliphatic rings. The summed E-state index contributed by atoms with van der Waals surface area (Å²) in [6, 6.07) is 2.85. The summed E-state index contributed by atoms with van der Waals surface area (Å²) in [4.78, 5) is 3.63. The second kappa shape index (κ2) is 4.21. The number of pyridine rings is 1. The molecule has 4 heteroatoms. The van der Waals surface area contributed by atoms with Crippen LogP contribution in [0.4, 0.5) is 13.2 Å². The maximum absolute atomic E-state index is 12.5. The molecule has 15 heavy (non-hydrogen) atoms. The highest BCUT2D eigenvalue weighted by molar-refractivity contribution is 5.24. The summed E-state index contributed by atoms with van der Waals surface area (Å²) < 4.78 is 37.5. The smallest absolute Gasteiger partial charge is 0.248 e. The molecular weight excluding hydrogens is 203 g/mol. The lowest BCUT2D eigenvalue weighted by Gasteiger charge is -2.12. The molecular formula is C11H14F3N. The molecule has 0 saturated heterocycles. The number of alkyl halides is 3. The second-order valence-corrected chi connectivity index (χ2v) is 3.79. The van der Waals surface area contributed by atoms with Crippen molar-refractivity contribution in [2.24, 2.45) is 0 Å². The molecule has 1 aromatic rings. The first-order valence-corrected chi connectivity index (χ1v) is 4.92. The molecule has 0 fully saturated rings. The SMILES string of the molecule is CCc1cc(C(C)C)nc(C(F)(F)F)c1. The summed E-state index contributed by atoms with van der Waals surface area (Å²) in [6.45, 7) is 5.50. The molecule has 0 aliphatic carbocycles. The molecule has 1 rings (SSSR count). The first kappa shape index (κ1) is 12.0. The van der Waals surface area contributed by atoms with E-state index >= 15 is 0 Å². The topological polar surface area (TPSA) is 12.9 Å². The van der Waals surface area contributed by atoms with Crippen LogP contribution in [0.5, 0.6) is 0 Å². The van der Waals surface area contributed by atoms with Gasteiger partial charge < -0.3 is 0 Å². The molecule has 0 atom stereocenters. The number of aryl methyl sites for hydroxylation is 1. The fourth-order valence-corrected chi connectivity index (χ4v) is 1.26. The van der Waals surface area contributed by atoms with Gasteiger partial charge in [0.15, 0.2) is 0 Å². The Morgan fingerprint density at radius 1 is 1.27 bits per heavy atom. The molecule has 0 bridgehead atoms. The summed E-state index contributed by atoms with van der Waals surface area (Å²) in [5.74, 6) is 0.0117. The van der Waals surface area contributed by atoms with Crippen LogP contribution in [0.25, 0.3) is 0 Å². The maximum Gasteiger partial charge on any atom is 0.433 e.